The molecule has 3 nitrogen and oxygen atoms in total. The normalized spacial score (nSPS) is 12.8. The molecule has 1 aromatic carbocycles. The molecule has 0 saturated carbocycles. The van der Waals surface area contributed by atoms with Crippen LogP contribution in [0.1, 0.15) is 31.9 Å². The van der Waals surface area contributed by atoms with Gasteiger partial charge >= 0.3 is 0 Å². The highest BCUT2D eigenvalue weighted by molar-refractivity contribution is 9.10. The van der Waals surface area contributed by atoms with E-state index in [1.165, 1.54) is 17.7 Å². The van der Waals surface area contributed by atoms with Gasteiger partial charge in [-0.25, -0.2) is 0 Å². The van der Waals surface area contributed by atoms with E-state index < -0.39 is 0 Å². The fourth-order valence-corrected chi connectivity index (χ4v) is 2.69. The first-order chi connectivity index (χ1) is 9.49. The molecule has 1 aromatic rings. The number of anilines is 1. The van der Waals surface area contributed by atoms with Crippen molar-refractivity contribution in [3.8, 4) is 0 Å². The summed E-state index contributed by atoms with van der Waals surface area (Å²) in [6, 6.07) is 6.94. The average Bonchev–Trinajstić information content (AvgIpc) is 2.42. The summed E-state index contributed by atoms with van der Waals surface area (Å²) in [6.45, 7) is 7.69. The van der Waals surface area contributed by atoms with Crippen LogP contribution in [0.15, 0.2) is 22.7 Å². The summed E-state index contributed by atoms with van der Waals surface area (Å²) >= 11 is 3.60. The molecular formula is C16H28BrN3. The zero-order valence-corrected chi connectivity index (χ0v) is 15.0. The lowest BCUT2D eigenvalue weighted by Gasteiger charge is -2.28. The van der Waals surface area contributed by atoms with Crippen LogP contribution in [0.3, 0.4) is 0 Å². The van der Waals surface area contributed by atoms with Gasteiger partial charge in [0.2, 0.25) is 0 Å². The Bertz CT molecular complexity index is 407. The predicted octanol–water partition coefficient (Wildman–Crippen LogP) is 3.51. The summed E-state index contributed by atoms with van der Waals surface area (Å²) in [7, 11) is 6.27. The highest BCUT2D eigenvalue weighted by Gasteiger charge is 2.14. The Morgan fingerprint density at radius 1 is 1.25 bits per heavy atom. The lowest BCUT2D eigenvalue weighted by molar-refractivity contribution is 0.400. The highest BCUT2D eigenvalue weighted by Crippen LogP contribution is 2.29. The number of benzene rings is 1. The number of nitrogens with one attached hydrogen (secondary N) is 1. The first-order valence-electron chi connectivity index (χ1n) is 7.36. The number of hydrogen-bond donors (Lipinski definition) is 1. The first-order valence-corrected chi connectivity index (χ1v) is 8.15. The van der Waals surface area contributed by atoms with Crippen molar-refractivity contribution in [3.05, 3.63) is 28.2 Å². The van der Waals surface area contributed by atoms with Crippen molar-refractivity contribution >= 4 is 21.6 Å². The zero-order chi connectivity index (χ0) is 15.1. The lowest BCUT2D eigenvalue weighted by atomic mass is 10.0. The summed E-state index contributed by atoms with van der Waals surface area (Å²) in [4.78, 5) is 4.71. The quantitative estimate of drug-likeness (QED) is 0.780. The Labute approximate surface area is 132 Å². The van der Waals surface area contributed by atoms with E-state index in [9.17, 15) is 0 Å². The number of halogens is 1. The SMILES string of the molecule is CCN(CCCN(C)C)c1cc(Br)ccc1C(C)NC. The van der Waals surface area contributed by atoms with Crippen molar-refractivity contribution in [1.29, 1.82) is 0 Å². The van der Waals surface area contributed by atoms with Crippen LogP contribution in [0.25, 0.3) is 0 Å². The van der Waals surface area contributed by atoms with Gasteiger partial charge in [-0.1, -0.05) is 22.0 Å². The maximum atomic E-state index is 3.60. The summed E-state index contributed by atoms with van der Waals surface area (Å²) in [5, 5.41) is 3.34. The van der Waals surface area contributed by atoms with Gasteiger partial charge in [0, 0.05) is 29.3 Å². The van der Waals surface area contributed by atoms with E-state index >= 15 is 0 Å². The van der Waals surface area contributed by atoms with E-state index in [1.807, 2.05) is 7.05 Å². The van der Waals surface area contributed by atoms with E-state index in [0.717, 1.165) is 24.1 Å². The second kappa shape index (κ2) is 8.65. The summed E-state index contributed by atoms with van der Waals surface area (Å²) in [5.74, 6) is 0. The minimum atomic E-state index is 0.362. The molecule has 1 rings (SSSR count). The Balaban J connectivity index is 2.91. The maximum absolute atomic E-state index is 3.60. The third kappa shape index (κ3) is 5.08. The van der Waals surface area contributed by atoms with Crippen molar-refractivity contribution in [3.63, 3.8) is 0 Å². The van der Waals surface area contributed by atoms with Crippen LogP contribution in [0.5, 0.6) is 0 Å². The minimum absolute atomic E-state index is 0.362. The zero-order valence-electron chi connectivity index (χ0n) is 13.4. The Kier molecular flexibility index (Phi) is 7.56. The standard InChI is InChI=1S/C16H28BrN3/c1-6-20(11-7-10-19(4)5)16-12-14(17)8-9-15(16)13(2)18-3/h8-9,12-13,18H,6-7,10-11H2,1-5H3. The van der Waals surface area contributed by atoms with Crippen LogP contribution in [0.4, 0.5) is 5.69 Å². The molecular weight excluding hydrogens is 314 g/mol. The van der Waals surface area contributed by atoms with Gasteiger partial charge in [-0.3, -0.25) is 0 Å². The smallest absolute Gasteiger partial charge is 0.0425 e. The molecule has 0 radical (unpaired) electrons. The summed E-state index contributed by atoms with van der Waals surface area (Å²) in [5.41, 5.74) is 2.70. The van der Waals surface area contributed by atoms with E-state index in [1.54, 1.807) is 0 Å². The molecule has 1 atom stereocenters. The Morgan fingerprint density at radius 3 is 2.50 bits per heavy atom. The Hall–Kier alpha value is -0.580. The molecule has 0 aliphatic rings. The lowest BCUT2D eigenvalue weighted by Crippen LogP contribution is -2.29. The highest BCUT2D eigenvalue weighted by atomic mass is 79.9. The fourth-order valence-electron chi connectivity index (χ4n) is 2.34. The average molecular weight is 342 g/mol. The van der Waals surface area contributed by atoms with Gasteiger partial charge < -0.3 is 15.1 Å². The molecule has 0 spiro atoms. The van der Waals surface area contributed by atoms with Crippen molar-refractivity contribution < 1.29 is 0 Å². The summed E-state index contributed by atoms with van der Waals surface area (Å²) < 4.78 is 1.14. The van der Waals surface area contributed by atoms with Gasteiger partial charge in [0.05, 0.1) is 0 Å². The largest absolute Gasteiger partial charge is 0.371 e. The van der Waals surface area contributed by atoms with Crippen molar-refractivity contribution in [2.75, 3.05) is 45.7 Å². The van der Waals surface area contributed by atoms with Gasteiger partial charge in [0.1, 0.15) is 0 Å². The van der Waals surface area contributed by atoms with Crippen molar-refractivity contribution in [2.24, 2.45) is 0 Å². The maximum Gasteiger partial charge on any atom is 0.0425 e. The molecule has 1 N–H and O–H groups in total. The molecule has 0 bridgehead atoms. The molecule has 0 saturated heterocycles. The van der Waals surface area contributed by atoms with Crippen LogP contribution in [0, 0.1) is 0 Å². The van der Waals surface area contributed by atoms with Gasteiger partial charge in [0.15, 0.2) is 0 Å². The minimum Gasteiger partial charge on any atom is -0.371 e. The molecule has 0 aliphatic carbocycles. The van der Waals surface area contributed by atoms with E-state index in [4.69, 9.17) is 0 Å². The molecule has 0 aromatic heterocycles. The second-order valence-corrected chi connectivity index (χ2v) is 6.37. The van der Waals surface area contributed by atoms with Gasteiger partial charge in [0.25, 0.3) is 0 Å². The number of nitrogens with zero attached hydrogens (tertiary/aromatic N) is 2. The fraction of sp³-hybridized carbons (Fsp3) is 0.625. The molecule has 0 aliphatic heterocycles. The molecule has 0 fully saturated rings. The van der Waals surface area contributed by atoms with Crippen molar-refractivity contribution in [2.45, 2.75) is 26.3 Å². The first kappa shape index (κ1) is 17.5. The van der Waals surface area contributed by atoms with E-state index in [2.05, 4.69) is 77.2 Å². The summed E-state index contributed by atoms with van der Waals surface area (Å²) in [6.07, 6.45) is 1.18. The van der Waals surface area contributed by atoms with Gasteiger partial charge in [-0.15, -0.1) is 0 Å². The molecule has 4 heteroatoms. The van der Waals surface area contributed by atoms with E-state index in [-0.39, 0.29) is 0 Å². The molecule has 20 heavy (non-hydrogen) atoms. The molecule has 114 valence electrons. The third-order valence-electron chi connectivity index (χ3n) is 3.65. The second-order valence-electron chi connectivity index (χ2n) is 5.45. The van der Waals surface area contributed by atoms with Crippen LogP contribution in [-0.4, -0.2) is 45.7 Å². The van der Waals surface area contributed by atoms with Crippen LogP contribution in [0.2, 0.25) is 0 Å². The van der Waals surface area contributed by atoms with Crippen LogP contribution >= 0.6 is 15.9 Å². The van der Waals surface area contributed by atoms with Crippen LogP contribution in [-0.2, 0) is 0 Å². The van der Waals surface area contributed by atoms with Crippen molar-refractivity contribution in [1.82, 2.24) is 10.2 Å². The number of hydrogen-bond acceptors (Lipinski definition) is 3. The monoisotopic (exact) mass is 341 g/mol. The van der Waals surface area contributed by atoms with Crippen LogP contribution < -0.4 is 10.2 Å². The Morgan fingerprint density at radius 2 is 1.95 bits per heavy atom. The topological polar surface area (TPSA) is 18.5 Å². The third-order valence-corrected chi connectivity index (χ3v) is 4.14. The van der Waals surface area contributed by atoms with E-state index in [0.29, 0.717) is 6.04 Å². The van der Waals surface area contributed by atoms with Gasteiger partial charge in [-0.05, 0) is 65.7 Å². The number of rotatable bonds is 8. The predicted molar refractivity (Wildman–Crippen MR) is 92.7 cm³/mol. The molecule has 0 heterocycles. The molecule has 0 amide bonds. The molecule has 1 unspecified atom stereocenters. The van der Waals surface area contributed by atoms with Gasteiger partial charge in [-0.2, -0.15) is 0 Å².